The molecular weight excluding hydrogens is 221 g/mol. The number of fused-ring (bicyclic) bond motifs is 1. The Balaban J connectivity index is 2.79. The van der Waals surface area contributed by atoms with Crippen LogP contribution < -0.4 is 0 Å². The Hall–Kier alpha value is -1.68. The number of rotatable bonds is 1. The van der Waals surface area contributed by atoms with Crippen LogP contribution in [0.2, 0.25) is 5.15 Å². The van der Waals surface area contributed by atoms with Gasteiger partial charge in [0.1, 0.15) is 11.0 Å². The highest BCUT2D eigenvalue weighted by molar-refractivity contribution is 6.34. The molecule has 0 spiro atoms. The summed E-state index contributed by atoms with van der Waals surface area (Å²) in [5, 5.41) is 9.74. The molecule has 2 aromatic rings. The molecule has 0 fully saturated rings. The van der Waals surface area contributed by atoms with E-state index in [1.165, 1.54) is 24.3 Å². The second kappa shape index (κ2) is 3.47. The van der Waals surface area contributed by atoms with Crippen LogP contribution in [-0.2, 0) is 0 Å². The lowest BCUT2D eigenvalue weighted by Crippen LogP contribution is -2.00. The fourth-order valence-corrected chi connectivity index (χ4v) is 1.56. The van der Waals surface area contributed by atoms with Gasteiger partial charge in [0.05, 0.1) is 0 Å². The average Bonchev–Trinajstić information content (AvgIpc) is 2.16. The molecule has 0 saturated heterocycles. The molecule has 0 radical (unpaired) electrons. The van der Waals surface area contributed by atoms with E-state index >= 15 is 0 Å². The van der Waals surface area contributed by atoms with Crippen molar-refractivity contribution in [2.45, 2.75) is 0 Å². The third-order valence-electron chi connectivity index (χ3n) is 1.97. The Labute approximate surface area is 89.1 Å². The first-order valence-corrected chi connectivity index (χ1v) is 4.45. The van der Waals surface area contributed by atoms with E-state index < -0.39 is 11.8 Å². The van der Waals surface area contributed by atoms with Gasteiger partial charge >= 0.3 is 5.97 Å². The molecule has 1 N–H and O–H groups in total. The molecule has 0 saturated carbocycles. The number of nitrogens with zero attached hydrogens (tertiary/aromatic N) is 1. The number of carboxylic acids is 1. The third kappa shape index (κ3) is 1.76. The first-order valence-electron chi connectivity index (χ1n) is 4.07. The first-order chi connectivity index (χ1) is 7.08. The summed E-state index contributed by atoms with van der Waals surface area (Å²) >= 11 is 5.76. The van der Waals surface area contributed by atoms with Crippen LogP contribution in [0.25, 0.3) is 10.8 Å². The van der Waals surface area contributed by atoms with Crippen molar-refractivity contribution in [3.63, 3.8) is 0 Å². The highest BCUT2D eigenvalue weighted by Gasteiger charge is 2.09. The van der Waals surface area contributed by atoms with Crippen LogP contribution in [0.4, 0.5) is 4.39 Å². The molecule has 1 aromatic carbocycles. The van der Waals surface area contributed by atoms with E-state index in [9.17, 15) is 9.18 Å². The number of aromatic carboxylic acids is 1. The summed E-state index contributed by atoms with van der Waals surface area (Å²) in [6.45, 7) is 0. The predicted octanol–water partition coefficient (Wildman–Crippen LogP) is 2.73. The van der Waals surface area contributed by atoms with Gasteiger partial charge < -0.3 is 5.11 Å². The van der Waals surface area contributed by atoms with Gasteiger partial charge in [0.15, 0.2) is 5.69 Å². The van der Waals surface area contributed by atoms with E-state index in [1.807, 2.05) is 0 Å². The second-order valence-electron chi connectivity index (χ2n) is 2.97. The van der Waals surface area contributed by atoms with Crippen molar-refractivity contribution in [2.75, 3.05) is 0 Å². The van der Waals surface area contributed by atoms with Crippen LogP contribution >= 0.6 is 11.6 Å². The van der Waals surface area contributed by atoms with Gasteiger partial charge in [-0.05, 0) is 29.7 Å². The topological polar surface area (TPSA) is 50.2 Å². The summed E-state index contributed by atoms with van der Waals surface area (Å²) in [6, 6.07) is 5.21. The van der Waals surface area contributed by atoms with E-state index in [1.54, 1.807) is 0 Å². The maximum atomic E-state index is 12.9. The lowest BCUT2D eigenvalue weighted by atomic mass is 10.1. The highest BCUT2D eigenvalue weighted by Crippen LogP contribution is 2.23. The van der Waals surface area contributed by atoms with Crippen molar-refractivity contribution < 1.29 is 14.3 Å². The number of carboxylic acid groups (broad SMARTS) is 1. The van der Waals surface area contributed by atoms with Crippen LogP contribution in [0.1, 0.15) is 10.5 Å². The average molecular weight is 226 g/mol. The van der Waals surface area contributed by atoms with Crippen LogP contribution in [0.15, 0.2) is 24.3 Å². The zero-order valence-corrected chi connectivity index (χ0v) is 8.12. The Morgan fingerprint density at radius 3 is 2.80 bits per heavy atom. The van der Waals surface area contributed by atoms with E-state index in [2.05, 4.69) is 4.98 Å². The van der Waals surface area contributed by atoms with E-state index in [-0.39, 0.29) is 10.8 Å². The number of pyridine rings is 1. The van der Waals surface area contributed by atoms with Crippen molar-refractivity contribution in [3.05, 3.63) is 40.9 Å². The monoisotopic (exact) mass is 225 g/mol. The highest BCUT2D eigenvalue weighted by atomic mass is 35.5. The zero-order valence-electron chi connectivity index (χ0n) is 7.37. The number of halogens is 2. The lowest BCUT2D eigenvalue weighted by Gasteiger charge is -2.01. The van der Waals surface area contributed by atoms with Gasteiger partial charge in [-0.15, -0.1) is 0 Å². The molecule has 0 aliphatic rings. The number of benzene rings is 1. The SMILES string of the molecule is O=C(O)c1cc2cc(F)ccc2c(Cl)n1. The molecular formula is C10H5ClFNO2. The van der Waals surface area contributed by atoms with Gasteiger partial charge in [0.2, 0.25) is 0 Å². The maximum absolute atomic E-state index is 12.9. The summed E-state index contributed by atoms with van der Waals surface area (Å²) in [5.74, 6) is -1.64. The summed E-state index contributed by atoms with van der Waals surface area (Å²) in [7, 11) is 0. The molecule has 0 amide bonds. The largest absolute Gasteiger partial charge is 0.477 e. The van der Waals surface area contributed by atoms with Crippen molar-refractivity contribution in [1.82, 2.24) is 4.98 Å². The fraction of sp³-hybridized carbons (Fsp3) is 0. The number of aromatic nitrogens is 1. The molecule has 76 valence electrons. The van der Waals surface area contributed by atoms with E-state index in [0.717, 1.165) is 0 Å². The van der Waals surface area contributed by atoms with E-state index in [4.69, 9.17) is 16.7 Å². The summed E-state index contributed by atoms with van der Waals surface area (Å²) in [6.07, 6.45) is 0. The normalized spacial score (nSPS) is 10.5. The minimum Gasteiger partial charge on any atom is -0.477 e. The van der Waals surface area contributed by atoms with Gasteiger partial charge in [-0.25, -0.2) is 14.2 Å². The maximum Gasteiger partial charge on any atom is 0.354 e. The van der Waals surface area contributed by atoms with Crippen molar-refractivity contribution in [1.29, 1.82) is 0 Å². The number of hydrogen-bond acceptors (Lipinski definition) is 2. The molecule has 15 heavy (non-hydrogen) atoms. The molecule has 2 rings (SSSR count). The van der Waals surface area contributed by atoms with Gasteiger partial charge in [0, 0.05) is 5.39 Å². The molecule has 0 aliphatic heterocycles. The molecule has 0 atom stereocenters. The summed E-state index contributed by atoms with van der Waals surface area (Å²) in [5.41, 5.74) is -0.196. The molecule has 3 nitrogen and oxygen atoms in total. The Morgan fingerprint density at radius 2 is 2.13 bits per heavy atom. The second-order valence-corrected chi connectivity index (χ2v) is 3.33. The first kappa shape index (κ1) is 9.86. The molecule has 0 unspecified atom stereocenters. The number of hydrogen-bond donors (Lipinski definition) is 1. The Bertz CT molecular complexity index is 556. The van der Waals surface area contributed by atoms with E-state index in [0.29, 0.717) is 10.8 Å². The fourth-order valence-electron chi connectivity index (χ4n) is 1.30. The van der Waals surface area contributed by atoms with Crippen LogP contribution in [0.3, 0.4) is 0 Å². The van der Waals surface area contributed by atoms with Crippen molar-refractivity contribution in [3.8, 4) is 0 Å². The zero-order chi connectivity index (χ0) is 11.0. The van der Waals surface area contributed by atoms with Crippen LogP contribution in [-0.4, -0.2) is 16.1 Å². The minimum absolute atomic E-state index is 0.0601. The minimum atomic E-state index is -1.19. The van der Waals surface area contributed by atoms with Crippen molar-refractivity contribution >= 4 is 28.3 Å². The Morgan fingerprint density at radius 1 is 1.40 bits per heavy atom. The van der Waals surface area contributed by atoms with Crippen LogP contribution in [0.5, 0.6) is 0 Å². The Kier molecular flexibility index (Phi) is 2.28. The standard InChI is InChI=1S/C10H5ClFNO2/c11-9-7-2-1-6(12)3-5(7)4-8(13-9)10(14)15/h1-4H,(H,14,15). The quantitative estimate of drug-likeness (QED) is 0.760. The molecule has 0 aliphatic carbocycles. The van der Waals surface area contributed by atoms with Gasteiger partial charge in [-0.1, -0.05) is 11.6 Å². The molecule has 0 bridgehead atoms. The van der Waals surface area contributed by atoms with Gasteiger partial charge in [-0.2, -0.15) is 0 Å². The van der Waals surface area contributed by atoms with Crippen LogP contribution in [0, 0.1) is 5.82 Å². The number of carbonyl (C=O) groups is 1. The van der Waals surface area contributed by atoms with Gasteiger partial charge in [0.25, 0.3) is 0 Å². The predicted molar refractivity (Wildman–Crippen MR) is 53.7 cm³/mol. The summed E-state index contributed by atoms with van der Waals surface area (Å²) < 4.78 is 12.9. The third-order valence-corrected chi connectivity index (χ3v) is 2.25. The van der Waals surface area contributed by atoms with Gasteiger partial charge in [-0.3, -0.25) is 0 Å². The smallest absolute Gasteiger partial charge is 0.354 e. The molecule has 1 aromatic heterocycles. The summed E-state index contributed by atoms with van der Waals surface area (Å²) in [4.78, 5) is 14.3. The lowest BCUT2D eigenvalue weighted by molar-refractivity contribution is 0.0690. The van der Waals surface area contributed by atoms with Crippen molar-refractivity contribution in [2.24, 2.45) is 0 Å². The molecule has 5 heteroatoms. The molecule has 1 heterocycles.